The molecule has 1 saturated heterocycles. The molecule has 0 bridgehead atoms. The van der Waals surface area contributed by atoms with Gasteiger partial charge >= 0.3 is 6.09 Å². The van der Waals surface area contributed by atoms with E-state index in [1.54, 1.807) is 0 Å². The second kappa shape index (κ2) is 5.03. The fourth-order valence-corrected chi connectivity index (χ4v) is 2.08. The predicted molar refractivity (Wildman–Crippen MR) is 64.9 cm³/mol. The number of pyridine rings is 1. The fraction of sp³-hybridized carbons (Fsp3) is 0.500. The van der Waals surface area contributed by atoms with Crippen molar-refractivity contribution in [2.24, 2.45) is 5.73 Å². The minimum Gasteiger partial charge on any atom is -0.445 e. The van der Waals surface area contributed by atoms with Crippen molar-refractivity contribution in [2.75, 3.05) is 18.0 Å². The largest absolute Gasteiger partial charge is 0.445 e. The Morgan fingerprint density at radius 3 is 3.06 bits per heavy atom. The number of amides is 1. The number of nitrogens with zero attached hydrogens (tertiary/aromatic N) is 2. The molecule has 1 aliphatic rings. The summed E-state index contributed by atoms with van der Waals surface area (Å²) in [5.41, 5.74) is 7.09. The Kier molecular flexibility index (Phi) is 3.46. The van der Waals surface area contributed by atoms with E-state index in [1.807, 2.05) is 25.3 Å². The molecule has 2 rings (SSSR count). The molecular formula is C12H17N3O2. The van der Waals surface area contributed by atoms with Gasteiger partial charge in [0.2, 0.25) is 0 Å². The van der Waals surface area contributed by atoms with Crippen LogP contribution in [-0.2, 0) is 4.74 Å². The maximum Gasteiger partial charge on any atom is 0.404 e. The van der Waals surface area contributed by atoms with Crippen molar-refractivity contribution in [1.29, 1.82) is 0 Å². The van der Waals surface area contributed by atoms with Crippen molar-refractivity contribution in [2.45, 2.75) is 25.9 Å². The first-order chi connectivity index (χ1) is 8.15. The molecule has 0 aliphatic carbocycles. The van der Waals surface area contributed by atoms with Crippen LogP contribution >= 0.6 is 0 Å². The molecule has 1 aromatic heterocycles. The Balaban J connectivity index is 2.01. The van der Waals surface area contributed by atoms with E-state index in [2.05, 4.69) is 9.88 Å². The van der Waals surface area contributed by atoms with Gasteiger partial charge in [0.25, 0.3) is 0 Å². The fourth-order valence-electron chi connectivity index (χ4n) is 2.08. The lowest BCUT2D eigenvalue weighted by Crippen LogP contribution is -2.41. The zero-order valence-corrected chi connectivity index (χ0v) is 9.93. The molecule has 0 aromatic carbocycles. The maximum absolute atomic E-state index is 10.7. The predicted octanol–water partition coefficient (Wildman–Crippen LogP) is 1.45. The van der Waals surface area contributed by atoms with Gasteiger partial charge in [-0.15, -0.1) is 0 Å². The van der Waals surface area contributed by atoms with Crippen LogP contribution in [0.15, 0.2) is 18.3 Å². The Morgan fingerprint density at radius 2 is 2.41 bits per heavy atom. The maximum atomic E-state index is 10.7. The third kappa shape index (κ3) is 3.09. The zero-order chi connectivity index (χ0) is 12.3. The minimum atomic E-state index is -0.695. The van der Waals surface area contributed by atoms with E-state index in [0.717, 1.165) is 30.8 Å². The number of hydrogen-bond donors (Lipinski definition) is 1. The van der Waals surface area contributed by atoms with Crippen LogP contribution < -0.4 is 10.6 Å². The molecule has 0 saturated carbocycles. The van der Waals surface area contributed by atoms with Crippen LogP contribution in [0, 0.1) is 6.92 Å². The Labute approximate surface area is 101 Å². The van der Waals surface area contributed by atoms with Crippen molar-refractivity contribution in [3.63, 3.8) is 0 Å². The number of carbonyl (C=O) groups is 1. The highest BCUT2D eigenvalue weighted by molar-refractivity contribution is 5.65. The number of aryl methyl sites for hydroxylation is 1. The normalized spacial score (nSPS) is 20.1. The zero-order valence-electron chi connectivity index (χ0n) is 9.93. The molecule has 5 heteroatoms. The summed E-state index contributed by atoms with van der Waals surface area (Å²) in [6.07, 6.45) is 2.91. The molecule has 17 heavy (non-hydrogen) atoms. The van der Waals surface area contributed by atoms with E-state index in [9.17, 15) is 4.79 Å². The van der Waals surface area contributed by atoms with Crippen molar-refractivity contribution in [3.05, 3.63) is 24.0 Å². The van der Waals surface area contributed by atoms with Gasteiger partial charge < -0.3 is 15.4 Å². The molecule has 1 amide bonds. The summed E-state index contributed by atoms with van der Waals surface area (Å²) in [4.78, 5) is 17.2. The number of primary amides is 1. The molecule has 1 aromatic rings. The third-order valence-electron chi connectivity index (χ3n) is 2.92. The van der Waals surface area contributed by atoms with E-state index >= 15 is 0 Å². The molecule has 0 spiro atoms. The van der Waals surface area contributed by atoms with E-state index in [0.29, 0.717) is 6.54 Å². The van der Waals surface area contributed by atoms with Crippen molar-refractivity contribution >= 4 is 11.8 Å². The van der Waals surface area contributed by atoms with Gasteiger partial charge in [-0.3, -0.25) is 4.98 Å². The summed E-state index contributed by atoms with van der Waals surface area (Å²) >= 11 is 0. The molecule has 1 atom stereocenters. The first-order valence-electron chi connectivity index (χ1n) is 5.79. The third-order valence-corrected chi connectivity index (χ3v) is 2.92. The Morgan fingerprint density at radius 1 is 1.59 bits per heavy atom. The highest BCUT2D eigenvalue weighted by Crippen LogP contribution is 2.20. The van der Waals surface area contributed by atoms with Gasteiger partial charge in [-0.25, -0.2) is 4.79 Å². The second-order valence-electron chi connectivity index (χ2n) is 4.30. The lowest BCUT2D eigenvalue weighted by atomic mass is 10.1. The molecule has 1 aliphatic heterocycles. The van der Waals surface area contributed by atoms with Gasteiger partial charge in [0.1, 0.15) is 6.10 Å². The van der Waals surface area contributed by atoms with Crippen molar-refractivity contribution < 1.29 is 9.53 Å². The molecular weight excluding hydrogens is 218 g/mol. The highest BCUT2D eigenvalue weighted by atomic mass is 16.6. The van der Waals surface area contributed by atoms with Crippen LogP contribution in [-0.4, -0.2) is 30.3 Å². The molecule has 2 heterocycles. The average Bonchev–Trinajstić information content (AvgIpc) is 2.29. The SMILES string of the molecule is Cc1ccc(N2CCC[C@H](OC(N)=O)C2)cn1. The van der Waals surface area contributed by atoms with Crippen LogP contribution in [0.25, 0.3) is 0 Å². The van der Waals surface area contributed by atoms with Crippen LogP contribution in [0.5, 0.6) is 0 Å². The number of piperidine rings is 1. The van der Waals surface area contributed by atoms with Gasteiger partial charge in [-0.05, 0) is 31.9 Å². The first kappa shape index (κ1) is 11.7. The second-order valence-corrected chi connectivity index (χ2v) is 4.30. The summed E-state index contributed by atoms with van der Waals surface area (Å²) in [5, 5.41) is 0. The first-order valence-corrected chi connectivity index (χ1v) is 5.79. The molecule has 92 valence electrons. The van der Waals surface area contributed by atoms with Gasteiger partial charge in [-0.2, -0.15) is 0 Å². The van der Waals surface area contributed by atoms with Gasteiger partial charge in [0, 0.05) is 12.2 Å². The smallest absolute Gasteiger partial charge is 0.404 e. The van der Waals surface area contributed by atoms with E-state index in [4.69, 9.17) is 10.5 Å². The standard InChI is InChI=1S/C12H17N3O2/c1-9-4-5-10(7-14-9)15-6-2-3-11(8-15)17-12(13)16/h4-5,7,11H,2-3,6,8H2,1H3,(H2,13,16)/t11-/m0/s1. The van der Waals surface area contributed by atoms with Crippen LogP contribution in [0.4, 0.5) is 10.5 Å². The lowest BCUT2D eigenvalue weighted by molar-refractivity contribution is 0.0966. The molecule has 1 fully saturated rings. The monoisotopic (exact) mass is 235 g/mol. The topological polar surface area (TPSA) is 68.5 Å². The summed E-state index contributed by atoms with van der Waals surface area (Å²) in [6.45, 7) is 3.61. The number of aromatic nitrogens is 1. The van der Waals surface area contributed by atoms with Gasteiger partial charge in [0.15, 0.2) is 0 Å². The molecule has 0 radical (unpaired) electrons. The van der Waals surface area contributed by atoms with Crippen LogP contribution in [0.2, 0.25) is 0 Å². The van der Waals surface area contributed by atoms with E-state index in [-0.39, 0.29) is 6.10 Å². The van der Waals surface area contributed by atoms with Crippen LogP contribution in [0.1, 0.15) is 18.5 Å². The van der Waals surface area contributed by atoms with Crippen molar-refractivity contribution in [1.82, 2.24) is 4.98 Å². The van der Waals surface area contributed by atoms with E-state index in [1.165, 1.54) is 0 Å². The number of carbonyl (C=O) groups excluding carboxylic acids is 1. The minimum absolute atomic E-state index is 0.109. The van der Waals surface area contributed by atoms with Crippen molar-refractivity contribution in [3.8, 4) is 0 Å². The number of rotatable bonds is 2. The van der Waals surface area contributed by atoms with Gasteiger partial charge in [0.05, 0.1) is 18.4 Å². The quantitative estimate of drug-likeness (QED) is 0.842. The summed E-state index contributed by atoms with van der Waals surface area (Å²) in [6, 6.07) is 4.02. The van der Waals surface area contributed by atoms with Gasteiger partial charge in [-0.1, -0.05) is 0 Å². The Hall–Kier alpha value is -1.78. The number of anilines is 1. The highest BCUT2D eigenvalue weighted by Gasteiger charge is 2.22. The number of nitrogens with two attached hydrogens (primary N) is 1. The summed E-state index contributed by atoms with van der Waals surface area (Å²) in [5.74, 6) is 0. The van der Waals surface area contributed by atoms with Crippen LogP contribution in [0.3, 0.4) is 0 Å². The summed E-state index contributed by atoms with van der Waals surface area (Å²) < 4.78 is 5.04. The Bertz CT molecular complexity index is 391. The number of ether oxygens (including phenoxy) is 1. The lowest BCUT2D eigenvalue weighted by Gasteiger charge is -2.33. The molecule has 5 nitrogen and oxygen atoms in total. The summed E-state index contributed by atoms with van der Waals surface area (Å²) in [7, 11) is 0. The number of hydrogen-bond acceptors (Lipinski definition) is 4. The van der Waals surface area contributed by atoms with E-state index < -0.39 is 6.09 Å². The molecule has 2 N–H and O–H groups in total. The molecule has 0 unspecified atom stereocenters. The average molecular weight is 235 g/mol.